The first-order valence-corrected chi connectivity index (χ1v) is 6.70. The quantitative estimate of drug-likeness (QED) is 0.812. The van der Waals surface area contributed by atoms with Gasteiger partial charge in [0.1, 0.15) is 17.3 Å². The number of aromatic nitrogens is 1. The van der Waals surface area contributed by atoms with Gasteiger partial charge in [-0.2, -0.15) is 0 Å². The molecule has 0 atom stereocenters. The van der Waals surface area contributed by atoms with Crippen LogP contribution in [0.5, 0.6) is 11.5 Å². The molecule has 4 nitrogen and oxygen atoms in total. The molecule has 0 spiro atoms. The van der Waals surface area contributed by atoms with Crippen LogP contribution in [-0.2, 0) is 0 Å². The molecule has 0 aliphatic carbocycles. The van der Waals surface area contributed by atoms with Gasteiger partial charge in [0.25, 0.3) is 0 Å². The fourth-order valence-corrected chi connectivity index (χ4v) is 2.68. The van der Waals surface area contributed by atoms with Gasteiger partial charge >= 0.3 is 0 Å². The number of nitrogens with one attached hydrogen (secondary N) is 1. The normalized spacial score (nSPS) is 13.6. The van der Waals surface area contributed by atoms with E-state index in [4.69, 9.17) is 10.5 Å². The van der Waals surface area contributed by atoms with Crippen LogP contribution in [-0.4, -0.2) is 17.3 Å². The van der Waals surface area contributed by atoms with Crippen molar-refractivity contribution < 1.29 is 4.74 Å². The Bertz CT molecular complexity index is 557. The van der Waals surface area contributed by atoms with Crippen molar-refractivity contribution in [3.05, 3.63) is 36.5 Å². The van der Waals surface area contributed by atoms with Crippen LogP contribution in [0.15, 0.2) is 41.4 Å². The maximum atomic E-state index is 5.88. The molecule has 2 heterocycles. The summed E-state index contributed by atoms with van der Waals surface area (Å²) < 4.78 is 5.88. The number of hydrogen-bond donors (Lipinski definition) is 2. The van der Waals surface area contributed by atoms with E-state index in [9.17, 15) is 0 Å². The summed E-state index contributed by atoms with van der Waals surface area (Å²) in [6.07, 6.45) is 1.75. The van der Waals surface area contributed by atoms with Gasteiger partial charge in [-0.05, 0) is 24.3 Å². The van der Waals surface area contributed by atoms with Crippen molar-refractivity contribution in [2.24, 2.45) is 0 Å². The Morgan fingerprint density at radius 3 is 2.89 bits per heavy atom. The smallest absolute Gasteiger partial charge is 0.146 e. The molecule has 0 unspecified atom stereocenters. The number of nitrogen functional groups attached to an aromatic ring is 1. The van der Waals surface area contributed by atoms with E-state index >= 15 is 0 Å². The van der Waals surface area contributed by atoms with Crippen molar-refractivity contribution in [1.82, 2.24) is 4.98 Å². The van der Waals surface area contributed by atoms with E-state index in [1.54, 1.807) is 18.0 Å². The zero-order valence-corrected chi connectivity index (χ0v) is 10.5. The minimum atomic E-state index is 0.732. The molecule has 0 saturated carbocycles. The van der Waals surface area contributed by atoms with Gasteiger partial charge in [0.15, 0.2) is 0 Å². The van der Waals surface area contributed by atoms with E-state index < -0.39 is 0 Å². The molecule has 0 amide bonds. The molecule has 0 saturated heterocycles. The lowest BCUT2D eigenvalue weighted by molar-refractivity contribution is 0.470. The van der Waals surface area contributed by atoms with Crippen molar-refractivity contribution >= 4 is 23.3 Å². The number of rotatable bonds is 2. The second kappa shape index (κ2) is 4.78. The summed E-state index contributed by atoms with van der Waals surface area (Å²) in [7, 11) is 0. The number of benzene rings is 1. The van der Waals surface area contributed by atoms with Crippen LogP contribution < -0.4 is 15.8 Å². The third-order valence-corrected chi connectivity index (χ3v) is 3.71. The summed E-state index contributed by atoms with van der Waals surface area (Å²) in [5.41, 5.74) is 6.38. The first-order chi connectivity index (χ1) is 8.83. The predicted molar refractivity (Wildman–Crippen MR) is 74.4 cm³/mol. The highest BCUT2D eigenvalue weighted by molar-refractivity contribution is 7.99. The highest BCUT2D eigenvalue weighted by Gasteiger charge is 2.15. The monoisotopic (exact) mass is 259 g/mol. The third kappa shape index (κ3) is 2.22. The van der Waals surface area contributed by atoms with Crippen LogP contribution in [0.2, 0.25) is 0 Å². The van der Waals surface area contributed by atoms with Gasteiger partial charge in [-0.3, -0.25) is 0 Å². The van der Waals surface area contributed by atoms with Gasteiger partial charge in [0.05, 0.1) is 4.90 Å². The van der Waals surface area contributed by atoms with Crippen molar-refractivity contribution in [1.29, 1.82) is 0 Å². The number of fused-ring (bicyclic) bond motifs is 1. The van der Waals surface area contributed by atoms with Crippen molar-refractivity contribution in [2.75, 3.05) is 23.3 Å². The molecule has 3 N–H and O–H groups in total. The zero-order chi connectivity index (χ0) is 12.4. The van der Waals surface area contributed by atoms with E-state index in [0.29, 0.717) is 0 Å². The zero-order valence-electron chi connectivity index (χ0n) is 9.72. The Labute approximate surface area is 110 Å². The molecule has 1 aromatic heterocycles. The van der Waals surface area contributed by atoms with Gasteiger partial charge in [-0.1, -0.05) is 0 Å². The fraction of sp³-hybridized carbons (Fsp3) is 0.154. The number of ether oxygens (including phenoxy) is 1. The Morgan fingerprint density at radius 1 is 1.22 bits per heavy atom. The Hall–Kier alpha value is -1.88. The van der Waals surface area contributed by atoms with Gasteiger partial charge in [-0.25, -0.2) is 4.98 Å². The standard InChI is InChI=1S/C13H13N3OS/c14-9-1-3-10(4-2-9)17-11-5-6-15-13-12(11)18-8-7-16-13/h1-6H,7-8,14H2,(H,15,16). The molecular formula is C13H13N3OS. The summed E-state index contributed by atoms with van der Waals surface area (Å²) in [6.45, 7) is 0.940. The fourth-order valence-electron chi connectivity index (χ4n) is 1.76. The second-order valence-electron chi connectivity index (χ2n) is 3.93. The van der Waals surface area contributed by atoms with Crippen molar-refractivity contribution in [3.8, 4) is 11.5 Å². The highest BCUT2D eigenvalue weighted by atomic mass is 32.2. The average Bonchev–Trinajstić information content (AvgIpc) is 2.42. The number of nitrogens with zero attached hydrogens (tertiary/aromatic N) is 1. The minimum absolute atomic E-state index is 0.732. The molecule has 5 heteroatoms. The van der Waals surface area contributed by atoms with Crippen LogP contribution >= 0.6 is 11.8 Å². The maximum Gasteiger partial charge on any atom is 0.146 e. The van der Waals surface area contributed by atoms with E-state index in [0.717, 1.165) is 40.2 Å². The van der Waals surface area contributed by atoms with E-state index in [-0.39, 0.29) is 0 Å². The number of nitrogens with two attached hydrogens (primary N) is 1. The summed E-state index contributed by atoms with van der Waals surface area (Å²) in [5, 5.41) is 3.27. The van der Waals surface area contributed by atoms with Crippen LogP contribution in [0, 0.1) is 0 Å². The van der Waals surface area contributed by atoms with Crippen LogP contribution in [0.25, 0.3) is 0 Å². The van der Waals surface area contributed by atoms with Gasteiger partial charge < -0.3 is 15.8 Å². The van der Waals surface area contributed by atoms with Gasteiger partial charge in [-0.15, -0.1) is 11.8 Å². The Balaban J connectivity index is 1.90. The summed E-state index contributed by atoms with van der Waals surface area (Å²) in [6, 6.07) is 9.27. The first-order valence-electron chi connectivity index (χ1n) is 5.72. The van der Waals surface area contributed by atoms with Crippen LogP contribution in [0.4, 0.5) is 11.5 Å². The average molecular weight is 259 g/mol. The molecule has 18 heavy (non-hydrogen) atoms. The van der Waals surface area contributed by atoms with E-state index in [1.165, 1.54) is 0 Å². The Morgan fingerprint density at radius 2 is 2.06 bits per heavy atom. The molecule has 92 valence electrons. The molecule has 0 radical (unpaired) electrons. The lowest BCUT2D eigenvalue weighted by atomic mass is 10.3. The second-order valence-corrected chi connectivity index (χ2v) is 5.04. The summed E-state index contributed by atoms with van der Waals surface area (Å²) in [4.78, 5) is 5.37. The maximum absolute atomic E-state index is 5.88. The Kier molecular flexibility index (Phi) is 2.98. The number of hydrogen-bond acceptors (Lipinski definition) is 5. The van der Waals surface area contributed by atoms with E-state index in [2.05, 4.69) is 10.3 Å². The number of pyridine rings is 1. The largest absolute Gasteiger partial charge is 0.456 e. The predicted octanol–water partition coefficient (Wildman–Crippen LogP) is 2.97. The van der Waals surface area contributed by atoms with Crippen molar-refractivity contribution in [3.63, 3.8) is 0 Å². The molecular weight excluding hydrogens is 246 g/mol. The highest BCUT2D eigenvalue weighted by Crippen LogP contribution is 2.39. The molecule has 1 aliphatic heterocycles. The molecule has 0 fully saturated rings. The topological polar surface area (TPSA) is 60.2 Å². The van der Waals surface area contributed by atoms with E-state index in [1.807, 2.05) is 30.3 Å². The summed E-state index contributed by atoms with van der Waals surface area (Å²) >= 11 is 1.76. The van der Waals surface area contributed by atoms with Gasteiger partial charge in [0, 0.05) is 30.2 Å². The lowest BCUT2D eigenvalue weighted by Gasteiger charge is -2.19. The number of thioether (sulfide) groups is 1. The van der Waals surface area contributed by atoms with Crippen LogP contribution in [0.1, 0.15) is 0 Å². The van der Waals surface area contributed by atoms with Crippen LogP contribution in [0.3, 0.4) is 0 Å². The third-order valence-electron chi connectivity index (χ3n) is 2.62. The molecule has 0 bridgehead atoms. The minimum Gasteiger partial charge on any atom is -0.456 e. The molecule has 1 aliphatic rings. The SMILES string of the molecule is Nc1ccc(Oc2ccnc3c2SCCN3)cc1. The molecule has 2 aromatic rings. The first kappa shape index (κ1) is 11.2. The van der Waals surface area contributed by atoms with Crippen molar-refractivity contribution in [2.45, 2.75) is 4.90 Å². The summed E-state index contributed by atoms with van der Waals surface area (Å²) in [5.74, 6) is 3.54. The van der Waals surface area contributed by atoms with Gasteiger partial charge in [0.2, 0.25) is 0 Å². The lowest BCUT2D eigenvalue weighted by Crippen LogP contribution is -2.12. The number of anilines is 2. The molecule has 1 aromatic carbocycles. The molecule has 3 rings (SSSR count).